The molecule has 0 aliphatic heterocycles. The third kappa shape index (κ3) is 3.66. The molecule has 0 aromatic carbocycles. The number of ketones is 1. The summed E-state index contributed by atoms with van der Waals surface area (Å²) in [5, 5.41) is 8.07. The molecule has 0 spiro atoms. The van der Waals surface area contributed by atoms with E-state index in [1.165, 1.54) is 0 Å². The second-order valence-corrected chi connectivity index (χ2v) is 1.67. The summed E-state index contributed by atoms with van der Waals surface area (Å²) in [4.78, 5) is 20.0. The van der Waals surface area contributed by atoms with Gasteiger partial charge in [-0.25, -0.2) is 0 Å². The van der Waals surface area contributed by atoms with Crippen LogP contribution < -0.4 is 5.73 Å². The number of carboxylic acid groups (broad SMARTS) is 1. The van der Waals surface area contributed by atoms with E-state index in [2.05, 4.69) is 6.92 Å². The second-order valence-electron chi connectivity index (χ2n) is 1.67. The van der Waals surface area contributed by atoms with Gasteiger partial charge in [0, 0.05) is 6.92 Å². The van der Waals surface area contributed by atoms with E-state index in [9.17, 15) is 9.59 Å². The first kappa shape index (κ1) is 8.10. The Morgan fingerprint density at radius 3 is 2.22 bits per heavy atom. The first-order chi connectivity index (χ1) is 4.04. The summed E-state index contributed by atoms with van der Waals surface area (Å²) in [6, 6.07) is -0.956. The summed E-state index contributed by atoms with van der Waals surface area (Å²) >= 11 is 0. The highest BCUT2D eigenvalue weighted by atomic mass is 16.4. The van der Waals surface area contributed by atoms with Crippen molar-refractivity contribution in [3.8, 4) is 0 Å². The zero-order valence-corrected chi connectivity index (χ0v) is 4.83. The number of nitrogens with two attached hydrogens (primary N) is 1. The molecule has 0 saturated heterocycles. The third-order valence-electron chi connectivity index (χ3n) is 0.808. The van der Waals surface area contributed by atoms with Crippen molar-refractivity contribution in [1.29, 1.82) is 0 Å². The van der Waals surface area contributed by atoms with Crippen LogP contribution >= 0.6 is 0 Å². The molecule has 0 aliphatic carbocycles. The highest BCUT2D eigenvalue weighted by Gasteiger charge is 2.11. The Hall–Kier alpha value is -0.900. The zero-order chi connectivity index (χ0) is 7.44. The average Bonchev–Trinajstić information content (AvgIpc) is 1.63. The van der Waals surface area contributed by atoms with Crippen LogP contribution in [0.2, 0.25) is 0 Å². The molecule has 0 bridgehead atoms. The van der Waals surface area contributed by atoms with Crippen LogP contribution in [0, 0.1) is 6.92 Å². The van der Waals surface area contributed by atoms with Crippen molar-refractivity contribution in [3.63, 3.8) is 0 Å². The number of Topliss-reactive ketones (excluding diaryl/α,β-unsaturated/α-hetero) is 1. The number of aliphatic carboxylic acids is 1. The van der Waals surface area contributed by atoms with Crippen molar-refractivity contribution in [3.05, 3.63) is 6.92 Å². The maximum absolute atomic E-state index is 10.2. The second kappa shape index (κ2) is 3.19. The largest absolute Gasteiger partial charge is 0.481 e. The number of carboxylic acids is 1. The molecular formula is C5H8NO3. The van der Waals surface area contributed by atoms with Gasteiger partial charge in [-0.3, -0.25) is 9.59 Å². The Labute approximate surface area is 52.7 Å². The van der Waals surface area contributed by atoms with Gasteiger partial charge in [0.25, 0.3) is 0 Å². The maximum Gasteiger partial charge on any atom is 0.305 e. The summed E-state index contributed by atoms with van der Waals surface area (Å²) in [6.45, 7) is 2.96. The van der Waals surface area contributed by atoms with Crippen LogP contribution in [-0.2, 0) is 9.59 Å². The molecule has 0 saturated carbocycles. The minimum atomic E-state index is -1.08. The van der Waals surface area contributed by atoms with Crippen LogP contribution in [0.4, 0.5) is 0 Å². The molecule has 4 nitrogen and oxygen atoms in total. The molecule has 0 rings (SSSR count). The summed E-state index contributed by atoms with van der Waals surface area (Å²) in [7, 11) is 0. The topological polar surface area (TPSA) is 80.4 Å². The molecule has 9 heavy (non-hydrogen) atoms. The summed E-state index contributed by atoms with van der Waals surface area (Å²) < 4.78 is 0. The molecule has 0 heterocycles. The van der Waals surface area contributed by atoms with Gasteiger partial charge in [0.2, 0.25) is 0 Å². The normalized spacial score (nSPS) is 12.7. The molecular weight excluding hydrogens is 122 g/mol. The van der Waals surface area contributed by atoms with Crippen LogP contribution in [0.5, 0.6) is 0 Å². The fourth-order valence-electron chi connectivity index (χ4n) is 0.302. The number of carbonyl (C=O) groups excluding carboxylic acids is 1. The molecule has 51 valence electrons. The zero-order valence-electron chi connectivity index (χ0n) is 4.83. The van der Waals surface area contributed by atoms with E-state index in [0.29, 0.717) is 0 Å². The predicted molar refractivity (Wildman–Crippen MR) is 30.6 cm³/mol. The molecule has 0 unspecified atom stereocenters. The number of carbonyl (C=O) groups is 2. The van der Waals surface area contributed by atoms with Crippen molar-refractivity contribution in [2.24, 2.45) is 5.73 Å². The van der Waals surface area contributed by atoms with Crippen molar-refractivity contribution >= 4 is 11.8 Å². The lowest BCUT2D eigenvalue weighted by molar-refractivity contribution is -0.138. The van der Waals surface area contributed by atoms with Crippen LogP contribution in [0.1, 0.15) is 6.42 Å². The Morgan fingerprint density at radius 2 is 2.11 bits per heavy atom. The average molecular weight is 130 g/mol. The number of hydrogen-bond acceptors (Lipinski definition) is 3. The quantitative estimate of drug-likeness (QED) is 0.523. The van der Waals surface area contributed by atoms with Gasteiger partial charge in [-0.1, -0.05) is 0 Å². The van der Waals surface area contributed by atoms with Crippen LogP contribution in [-0.4, -0.2) is 22.9 Å². The molecule has 0 aromatic heterocycles. The Morgan fingerprint density at radius 1 is 1.67 bits per heavy atom. The molecule has 0 fully saturated rings. The van der Waals surface area contributed by atoms with Crippen LogP contribution in [0.15, 0.2) is 0 Å². The minimum Gasteiger partial charge on any atom is -0.481 e. The van der Waals surface area contributed by atoms with E-state index in [1.54, 1.807) is 0 Å². The SMILES string of the molecule is [CH2]C(=O)[C@@H](N)CC(=O)O. The van der Waals surface area contributed by atoms with Gasteiger partial charge in [-0.2, -0.15) is 0 Å². The molecule has 0 amide bonds. The van der Waals surface area contributed by atoms with Crippen molar-refractivity contribution in [2.75, 3.05) is 0 Å². The van der Waals surface area contributed by atoms with Gasteiger partial charge in [0.15, 0.2) is 5.78 Å². The van der Waals surface area contributed by atoms with Crippen molar-refractivity contribution in [2.45, 2.75) is 12.5 Å². The van der Waals surface area contributed by atoms with E-state index in [-0.39, 0.29) is 6.42 Å². The van der Waals surface area contributed by atoms with Crippen molar-refractivity contribution < 1.29 is 14.7 Å². The maximum atomic E-state index is 10.2. The van der Waals surface area contributed by atoms with E-state index >= 15 is 0 Å². The lowest BCUT2D eigenvalue weighted by atomic mass is 10.1. The van der Waals surface area contributed by atoms with Gasteiger partial charge in [-0.05, 0) is 0 Å². The standard InChI is InChI=1S/C5H8NO3/c1-3(7)4(6)2-5(8)9/h4H,1-2,6H2,(H,8,9)/t4-/m0/s1. The molecule has 0 aromatic rings. The Balaban J connectivity index is 3.63. The molecule has 1 radical (unpaired) electrons. The summed E-state index contributed by atoms with van der Waals surface area (Å²) in [5.41, 5.74) is 5.02. The van der Waals surface area contributed by atoms with Gasteiger partial charge >= 0.3 is 5.97 Å². The summed E-state index contributed by atoms with van der Waals surface area (Å²) in [5.74, 6) is -1.63. The van der Waals surface area contributed by atoms with Gasteiger partial charge in [0.1, 0.15) is 0 Å². The van der Waals surface area contributed by atoms with Gasteiger partial charge in [-0.15, -0.1) is 0 Å². The molecule has 1 atom stereocenters. The first-order valence-electron chi connectivity index (χ1n) is 2.37. The third-order valence-corrected chi connectivity index (χ3v) is 0.808. The highest BCUT2D eigenvalue weighted by Crippen LogP contribution is 1.87. The fraction of sp³-hybridized carbons (Fsp3) is 0.400. The van der Waals surface area contributed by atoms with Crippen molar-refractivity contribution in [1.82, 2.24) is 0 Å². The molecule has 3 N–H and O–H groups in total. The Bertz CT molecular complexity index is 132. The number of rotatable bonds is 3. The van der Waals surface area contributed by atoms with E-state index < -0.39 is 17.8 Å². The fourth-order valence-corrected chi connectivity index (χ4v) is 0.302. The van der Waals surface area contributed by atoms with Crippen LogP contribution in [0.3, 0.4) is 0 Å². The van der Waals surface area contributed by atoms with Gasteiger partial charge in [0.05, 0.1) is 12.5 Å². The predicted octanol–water partition coefficient (Wildman–Crippen LogP) is -0.808. The minimum absolute atomic E-state index is 0.345. The van der Waals surface area contributed by atoms with E-state index in [1.807, 2.05) is 0 Å². The monoisotopic (exact) mass is 130 g/mol. The number of hydrogen-bond donors (Lipinski definition) is 2. The highest BCUT2D eigenvalue weighted by molar-refractivity contribution is 5.90. The van der Waals surface area contributed by atoms with E-state index in [4.69, 9.17) is 10.8 Å². The first-order valence-corrected chi connectivity index (χ1v) is 2.37. The lowest BCUT2D eigenvalue weighted by Gasteiger charge is -2.00. The lowest BCUT2D eigenvalue weighted by Crippen LogP contribution is -2.30. The Kier molecular flexibility index (Phi) is 2.87. The molecule has 4 heteroatoms. The van der Waals surface area contributed by atoms with Gasteiger partial charge < -0.3 is 10.8 Å². The van der Waals surface area contributed by atoms with Crippen LogP contribution in [0.25, 0.3) is 0 Å². The summed E-state index contributed by atoms with van der Waals surface area (Å²) in [6.07, 6.45) is -0.345. The smallest absolute Gasteiger partial charge is 0.305 e. The van der Waals surface area contributed by atoms with E-state index in [0.717, 1.165) is 0 Å². The molecule has 0 aliphatic rings.